The highest BCUT2D eigenvalue weighted by atomic mass is 15.3. The van der Waals surface area contributed by atoms with Gasteiger partial charge in [-0.05, 0) is 0 Å². The minimum absolute atomic E-state index is 0.852. The molecule has 0 N–H and O–H groups in total. The van der Waals surface area contributed by atoms with E-state index < -0.39 is 0 Å². The summed E-state index contributed by atoms with van der Waals surface area (Å²) in [5, 5.41) is 7.55. The van der Waals surface area contributed by atoms with Crippen LogP contribution in [0.1, 0.15) is 19.7 Å². The lowest BCUT2D eigenvalue weighted by Crippen LogP contribution is -2.09. The summed E-state index contributed by atoms with van der Waals surface area (Å²) >= 11 is 0. The largest absolute Gasteiger partial charge is 0.311 e. The third kappa shape index (κ3) is 1.63. The van der Waals surface area contributed by atoms with Crippen LogP contribution in [0.25, 0.3) is 0 Å². The first-order valence-electron chi connectivity index (χ1n) is 3.84. The highest BCUT2D eigenvalue weighted by molar-refractivity contribution is 5.75. The summed E-state index contributed by atoms with van der Waals surface area (Å²) in [6.07, 6.45) is 3.47. The molecule has 1 aromatic heterocycles. The SMILES string of the molecule is C1=NCCn2cnnc21.CC. The number of nitrogens with zero attached hydrogens (tertiary/aromatic N) is 4. The molecule has 1 aliphatic rings. The van der Waals surface area contributed by atoms with Gasteiger partial charge in [-0.1, -0.05) is 13.8 Å². The molecule has 4 heteroatoms. The molecule has 0 aliphatic carbocycles. The zero-order valence-corrected chi connectivity index (χ0v) is 6.86. The fourth-order valence-electron chi connectivity index (χ4n) is 0.848. The molecular formula is C7H12N4. The molecule has 1 aromatic rings. The molecular weight excluding hydrogens is 140 g/mol. The molecule has 0 amide bonds. The first-order valence-corrected chi connectivity index (χ1v) is 3.84. The van der Waals surface area contributed by atoms with Gasteiger partial charge in [-0.25, -0.2) is 0 Å². The van der Waals surface area contributed by atoms with Crippen molar-refractivity contribution in [2.75, 3.05) is 6.54 Å². The standard InChI is InChI=1S/C5H6N4.C2H6/c1-2-9-4-7-8-5(9)3-6-1;1-2/h3-4H,1-2H2;1-2H3. The Morgan fingerprint density at radius 1 is 1.45 bits per heavy atom. The molecule has 4 nitrogen and oxygen atoms in total. The molecule has 0 aromatic carbocycles. The maximum absolute atomic E-state index is 4.04. The highest BCUT2D eigenvalue weighted by Gasteiger charge is 2.02. The Bertz CT molecular complexity index is 238. The van der Waals surface area contributed by atoms with E-state index in [2.05, 4.69) is 15.2 Å². The van der Waals surface area contributed by atoms with Gasteiger partial charge in [0.25, 0.3) is 0 Å². The van der Waals surface area contributed by atoms with Gasteiger partial charge in [0.2, 0.25) is 0 Å². The Balaban J connectivity index is 0.000000281. The van der Waals surface area contributed by atoms with E-state index in [0.717, 1.165) is 18.9 Å². The van der Waals surface area contributed by atoms with Gasteiger partial charge in [0, 0.05) is 6.54 Å². The minimum Gasteiger partial charge on any atom is -0.311 e. The van der Waals surface area contributed by atoms with Crippen molar-refractivity contribution in [1.29, 1.82) is 0 Å². The lowest BCUT2D eigenvalue weighted by Gasteiger charge is -2.03. The predicted molar refractivity (Wildman–Crippen MR) is 43.8 cm³/mol. The van der Waals surface area contributed by atoms with Crippen molar-refractivity contribution in [2.45, 2.75) is 20.4 Å². The molecule has 11 heavy (non-hydrogen) atoms. The van der Waals surface area contributed by atoms with Crippen molar-refractivity contribution in [3.05, 3.63) is 12.2 Å². The van der Waals surface area contributed by atoms with Crippen molar-refractivity contribution < 1.29 is 0 Å². The van der Waals surface area contributed by atoms with Gasteiger partial charge in [0.15, 0.2) is 5.82 Å². The Kier molecular flexibility index (Phi) is 2.77. The molecule has 0 spiro atoms. The van der Waals surface area contributed by atoms with Crippen LogP contribution >= 0.6 is 0 Å². The van der Waals surface area contributed by atoms with Crippen molar-refractivity contribution in [3.8, 4) is 0 Å². The maximum atomic E-state index is 4.04. The molecule has 0 saturated heterocycles. The van der Waals surface area contributed by atoms with Crippen LogP contribution in [0.3, 0.4) is 0 Å². The number of fused-ring (bicyclic) bond motifs is 1. The van der Waals surface area contributed by atoms with Crippen LogP contribution in [0.2, 0.25) is 0 Å². The number of aromatic nitrogens is 3. The molecule has 0 saturated carbocycles. The van der Waals surface area contributed by atoms with Gasteiger partial charge in [0.1, 0.15) is 6.33 Å². The van der Waals surface area contributed by atoms with E-state index in [9.17, 15) is 0 Å². The molecule has 0 atom stereocenters. The summed E-state index contributed by atoms with van der Waals surface area (Å²) < 4.78 is 1.98. The van der Waals surface area contributed by atoms with Crippen molar-refractivity contribution in [3.63, 3.8) is 0 Å². The average molecular weight is 152 g/mol. The van der Waals surface area contributed by atoms with E-state index in [1.807, 2.05) is 18.4 Å². The van der Waals surface area contributed by atoms with Crippen molar-refractivity contribution in [1.82, 2.24) is 14.8 Å². The fourth-order valence-corrected chi connectivity index (χ4v) is 0.848. The molecule has 0 radical (unpaired) electrons. The number of aliphatic imine (C=N–C) groups is 1. The summed E-state index contributed by atoms with van der Waals surface area (Å²) in [4.78, 5) is 4.04. The first kappa shape index (κ1) is 7.91. The zero-order valence-electron chi connectivity index (χ0n) is 6.86. The molecule has 60 valence electrons. The third-order valence-corrected chi connectivity index (χ3v) is 1.32. The van der Waals surface area contributed by atoms with Crippen LogP contribution in [0, 0.1) is 0 Å². The van der Waals surface area contributed by atoms with E-state index in [-0.39, 0.29) is 0 Å². The van der Waals surface area contributed by atoms with E-state index in [4.69, 9.17) is 0 Å². The number of hydrogen-bond donors (Lipinski definition) is 0. The van der Waals surface area contributed by atoms with Gasteiger partial charge in [-0.3, -0.25) is 4.99 Å². The second kappa shape index (κ2) is 3.85. The minimum atomic E-state index is 0.852. The van der Waals surface area contributed by atoms with E-state index in [0.29, 0.717) is 0 Å². The predicted octanol–water partition coefficient (Wildman–Crippen LogP) is 0.737. The molecule has 2 rings (SSSR count). The van der Waals surface area contributed by atoms with Gasteiger partial charge < -0.3 is 4.57 Å². The fraction of sp³-hybridized carbons (Fsp3) is 0.571. The summed E-state index contributed by atoms with van der Waals surface area (Å²) in [5.41, 5.74) is 0. The lowest BCUT2D eigenvalue weighted by atomic mass is 10.5. The normalized spacial score (nSPS) is 13.3. The average Bonchev–Trinajstić information content (AvgIpc) is 2.55. The van der Waals surface area contributed by atoms with Gasteiger partial charge >= 0.3 is 0 Å². The Labute approximate surface area is 66.0 Å². The molecule has 1 aliphatic heterocycles. The summed E-state index contributed by atoms with van der Waals surface area (Å²) in [6, 6.07) is 0. The summed E-state index contributed by atoms with van der Waals surface area (Å²) in [5.74, 6) is 0.862. The van der Waals surface area contributed by atoms with Crippen LogP contribution in [-0.2, 0) is 6.54 Å². The van der Waals surface area contributed by atoms with E-state index >= 15 is 0 Å². The molecule has 0 unspecified atom stereocenters. The van der Waals surface area contributed by atoms with Crippen LogP contribution < -0.4 is 0 Å². The maximum Gasteiger partial charge on any atom is 0.174 e. The third-order valence-electron chi connectivity index (χ3n) is 1.32. The summed E-state index contributed by atoms with van der Waals surface area (Å²) in [6.45, 7) is 5.77. The van der Waals surface area contributed by atoms with Crippen LogP contribution in [0.4, 0.5) is 0 Å². The van der Waals surface area contributed by atoms with E-state index in [1.165, 1.54) is 0 Å². The van der Waals surface area contributed by atoms with Crippen molar-refractivity contribution >= 4 is 6.21 Å². The molecule has 0 bridgehead atoms. The Hall–Kier alpha value is -1.19. The molecule has 2 heterocycles. The Morgan fingerprint density at radius 2 is 2.27 bits per heavy atom. The van der Waals surface area contributed by atoms with Crippen LogP contribution in [0.15, 0.2) is 11.3 Å². The smallest absolute Gasteiger partial charge is 0.174 e. The van der Waals surface area contributed by atoms with Crippen LogP contribution in [0.5, 0.6) is 0 Å². The molecule has 0 fully saturated rings. The summed E-state index contributed by atoms with van der Waals surface area (Å²) in [7, 11) is 0. The monoisotopic (exact) mass is 152 g/mol. The number of rotatable bonds is 0. The second-order valence-electron chi connectivity index (χ2n) is 1.92. The zero-order chi connectivity index (χ0) is 8.10. The topological polar surface area (TPSA) is 43.1 Å². The van der Waals surface area contributed by atoms with Gasteiger partial charge in [-0.2, -0.15) is 0 Å². The lowest BCUT2D eigenvalue weighted by molar-refractivity contribution is 0.686. The number of hydrogen-bond acceptors (Lipinski definition) is 3. The second-order valence-corrected chi connectivity index (χ2v) is 1.92. The quantitative estimate of drug-likeness (QED) is 0.550. The van der Waals surface area contributed by atoms with E-state index in [1.54, 1.807) is 12.5 Å². The van der Waals surface area contributed by atoms with Crippen LogP contribution in [-0.4, -0.2) is 27.5 Å². The first-order chi connectivity index (χ1) is 5.47. The highest BCUT2D eigenvalue weighted by Crippen LogP contribution is 1.96. The van der Waals surface area contributed by atoms with Gasteiger partial charge in [-0.15, -0.1) is 10.2 Å². The van der Waals surface area contributed by atoms with Gasteiger partial charge in [0.05, 0.1) is 12.8 Å². The Morgan fingerprint density at radius 3 is 3.00 bits per heavy atom. The van der Waals surface area contributed by atoms with Crippen molar-refractivity contribution in [2.24, 2.45) is 4.99 Å².